The zero-order valence-corrected chi connectivity index (χ0v) is 14.9. The third kappa shape index (κ3) is 3.57. The third-order valence-corrected chi connectivity index (χ3v) is 4.86. The fraction of sp³-hybridized carbons (Fsp3) is 0.500. The van der Waals surface area contributed by atoms with Gasteiger partial charge in [-0.2, -0.15) is 4.98 Å². The normalized spacial score (nSPS) is 17.2. The topological polar surface area (TPSA) is 63.2 Å². The van der Waals surface area contributed by atoms with Gasteiger partial charge in [-0.05, 0) is 31.6 Å². The number of rotatable bonds is 4. The molecule has 1 aromatic carbocycles. The molecule has 2 aromatic heterocycles. The van der Waals surface area contributed by atoms with Crippen molar-refractivity contribution in [2.75, 3.05) is 26.2 Å². The average molecular weight is 340 g/mol. The van der Waals surface area contributed by atoms with Gasteiger partial charge in [0.1, 0.15) is 5.82 Å². The van der Waals surface area contributed by atoms with E-state index in [1.807, 2.05) is 13.0 Å². The lowest BCUT2D eigenvalue weighted by atomic mass is 10.3. The van der Waals surface area contributed by atoms with E-state index < -0.39 is 0 Å². The van der Waals surface area contributed by atoms with Crippen LogP contribution in [0, 0.1) is 6.92 Å². The molecule has 25 heavy (non-hydrogen) atoms. The minimum Gasteiger partial charge on any atom is -0.340 e. The summed E-state index contributed by atoms with van der Waals surface area (Å²) in [6, 6.07) is 8.32. The predicted molar refractivity (Wildman–Crippen MR) is 94.9 cm³/mol. The summed E-state index contributed by atoms with van der Waals surface area (Å²) in [6.45, 7) is 7.67. The van der Waals surface area contributed by atoms with Gasteiger partial charge in [0.05, 0.1) is 24.1 Å². The van der Waals surface area contributed by atoms with Gasteiger partial charge in [0, 0.05) is 27.1 Å². The number of para-hydroxylation sites is 2. The number of hydrogen-bond acceptors (Lipinski definition) is 6. The van der Waals surface area contributed by atoms with Crippen LogP contribution >= 0.6 is 0 Å². The van der Waals surface area contributed by atoms with E-state index in [0.29, 0.717) is 5.89 Å². The van der Waals surface area contributed by atoms with Crippen LogP contribution in [0.5, 0.6) is 0 Å². The highest BCUT2D eigenvalue weighted by Gasteiger charge is 2.18. The van der Waals surface area contributed by atoms with Crippen molar-refractivity contribution in [1.82, 2.24) is 29.5 Å². The Hall–Kier alpha value is -2.25. The van der Waals surface area contributed by atoms with Crippen molar-refractivity contribution < 1.29 is 4.52 Å². The minimum absolute atomic E-state index is 0.633. The van der Waals surface area contributed by atoms with Crippen LogP contribution in [0.1, 0.15) is 24.0 Å². The summed E-state index contributed by atoms with van der Waals surface area (Å²) in [7, 11) is 2.10. The maximum absolute atomic E-state index is 5.07. The Balaban J connectivity index is 1.39. The van der Waals surface area contributed by atoms with Crippen LogP contribution in [-0.2, 0) is 20.1 Å². The first-order valence-electron chi connectivity index (χ1n) is 8.83. The van der Waals surface area contributed by atoms with Crippen LogP contribution in [0.3, 0.4) is 0 Å². The average Bonchev–Trinajstić information content (AvgIpc) is 3.07. The highest BCUT2D eigenvalue weighted by Crippen LogP contribution is 2.16. The van der Waals surface area contributed by atoms with Crippen LogP contribution in [0.4, 0.5) is 0 Å². The molecular formula is C18H24N6O. The molecule has 0 atom stereocenters. The summed E-state index contributed by atoms with van der Waals surface area (Å²) in [6.07, 6.45) is 1.14. The molecule has 0 N–H and O–H groups in total. The Kier molecular flexibility index (Phi) is 4.50. The van der Waals surface area contributed by atoms with Crippen LogP contribution < -0.4 is 0 Å². The molecule has 132 valence electrons. The van der Waals surface area contributed by atoms with Gasteiger partial charge in [0.25, 0.3) is 0 Å². The van der Waals surface area contributed by atoms with Crippen molar-refractivity contribution in [2.45, 2.75) is 26.4 Å². The molecule has 0 spiro atoms. The second-order valence-corrected chi connectivity index (χ2v) is 6.71. The van der Waals surface area contributed by atoms with Crippen molar-refractivity contribution >= 4 is 11.0 Å². The number of aryl methyl sites for hydroxylation is 2. The lowest BCUT2D eigenvalue weighted by Gasteiger charge is -2.20. The maximum Gasteiger partial charge on any atom is 0.223 e. The fourth-order valence-corrected chi connectivity index (χ4v) is 3.48. The van der Waals surface area contributed by atoms with Crippen molar-refractivity contribution in [3.8, 4) is 0 Å². The summed E-state index contributed by atoms with van der Waals surface area (Å²) in [5.74, 6) is 2.54. The summed E-state index contributed by atoms with van der Waals surface area (Å²) in [5, 5.41) is 4.01. The molecule has 4 rings (SSSR count). The third-order valence-electron chi connectivity index (χ3n) is 4.86. The van der Waals surface area contributed by atoms with E-state index in [2.05, 4.69) is 49.8 Å². The van der Waals surface area contributed by atoms with Crippen molar-refractivity contribution in [3.63, 3.8) is 0 Å². The Bertz CT molecular complexity index is 854. The first kappa shape index (κ1) is 16.2. The van der Waals surface area contributed by atoms with E-state index in [4.69, 9.17) is 9.51 Å². The van der Waals surface area contributed by atoms with Gasteiger partial charge in [0.2, 0.25) is 5.89 Å². The van der Waals surface area contributed by atoms with Gasteiger partial charge in [-0.3, -0.25) is 9.80 Å². The standard InChI is InChI=1S/C18H24N6O/c1-14-19-17(21-25-14)12-23-8-5-9-24(11-10-23)13-18-20-15-6-3-4-7-16(15)22(18)2/h3-4,6-7H,5,8-13H2,1-2H3. The molecule has 0 amide bonds. The van der Waals surface area contributed by atoms with Gasteiger partial charge < -0.3 is 9.09 Å². The molecule has 7 nitrogen and oxygen atoms in total. The van der Waals surface area contributed by atoms with Crippen molar-refractivity contribution in [3.05, 3.63) is 41.8 Å². The number of nitrogens with zero attached hydrogens (tertiary/aromatic N) is 6. The molecule has 0 saturated carbocycles. The Morgan fingerprint density at radius 2 is 1.76 bits per heavy atom. The molecular weight excluding hydrogens is 316 g/mol. The van der Waals surface area contributed by atoms with E-state index >= 15 is 0 Å². The second-order valence-electron chi connectivity index (χ2n) is 6.71. The second kappa shape index (κ2) is 6.93. The molecule has 1 aliphatic heterocycles. The number of imidazole rings is 1. The lowest BCUT2D eigenvalue weighted by molar-refractivity contribution is 0.237. The number of aromatic nitrogens is 4. The molecule has 3 heterocycles. The summed E-state index contributed by atoms with van der Waals surface area (Å²) in [4.78, 5) is 14.0. The highest BCUT2D eigenvalue weighted by molar-refractivity contribution is 5.75. The smallest absolute Gasteiger partial charge is 0.223 e. The number of benzene rings is 1. The zero-order valence-electron chi connectivity index (χ0n) is 14.9. The molecule has 0 aliphatic carbocycles. The summed E-state index contributed by atoms with van der Waals surface area (Å²) in [5.41, 5.74) is 2.27. The fourth-order valence-electron chi connectivity index (χ4n) is 3.48. The molecule has 7 heteroatoms. The molecule has 0 bridgehead atoms. The van der Waals surface area contributed by atoms with E-state index in [1.165, 1.54) is 5.52 Å². The Labute approximate surface area is 147 Å². The van der Waals surface area contributed by atoms with Gasteiger partial charge in [-0.25, -0.2) is 4.98 Å². The van der Waals surface area contributed by atoms with Crippen molar-refractivity contribution in [1.29, 1.82) is 0 Å². The van der Waals surface area contributed by atoms with Crippen LogP contribution in [-0.4, -0.2) is 55.7 Å². The van der Waals surface area contributed by atoms with Gasteiger partial charge >= 0.3 is 0 Å². The SMILES string of the molecule is Cc1nc(CN2CCCN(Cc3nc4ccccc4n3C)CC2)no1. The highest BCUT2D eigenvalue weighted by atomic mass is 16.5. The quantitative estimate of drug-likeness (QED) is 0.724. The first-order chi connectivity index (χ1) is 12.2. The Morgan fingerprint density at radius 1 is 1.00 bits per heavy atom. The minimum atomic E-state index is 0.633. The predicted octanol–water partition coefficient (Wildman–Crippen LogP) is 1.97. The molecule has 0 radical (unpaired) electrons. The summed E-state index contributed by atoms with van der Waals surface area (Å²) < 4.78 is 7.28. The van der Waals surface area contributed by atoms with E-state index in [1.54, 1.807) is 0 Å². The maximum atomic E-state index is 5.07. The van der Waals surface area contributed by atoms with E-state index in [-0.39, 0.29) is 0 Å². The van der Waals surface area contributed by atoms with Crippen LogP contribution in [0.25, 0.3) is 11.0 Å². The molecule has 3 aromatic rings. The largest absolute Gasteiger partial charge is 0.340 e. The van der Waals surface area contributed by atoms with E-state index in [0.717, 1.165) is 62.9 Å². The number of fused-ring (bicyclic) bond motifs is 1. The lowest BCUT2D eigenvalue weighted by Crippen LogP contribution is -2.31. The van der Waals surface area contributed by atoms with Gasteiger partial charge in [0.15, 0.2) is 5.82 Å². The number of hydrogen-bond donors (Lipinski definition) is 0. The van der Waals surface area contributed by atoms with E-state index in [9.17, 15) is 0 Å². The zero-order chi connectivity index (χ0) is 17.2. The molecule has 1 fully saturated rings. The molecule has 1 saturated heterocycles. The van der Waals surface area contributed by atoms with Gasteiger partial charge in [-0.1, -0.05) is 17.3 Å². The van der Waals surface area contributed by atoms with Crippen LogP contribution in [0.15, 0.2) is 28.8 Å². The molecule has 0 unspecified atom stereocenters. The molecule has 1 aliphatic rings. The monoisotopic (exact) mass is 340 g/mol. The Morgan fingerprint density at radius 3 is 2.48 bits per heavy atom. The van der Waals surface area contributed by atoms with Crippen molar-refractivity contribution in [2.24, 2.45) is 7.05 Å². The first-order valence-corrected chi connectivity index (χ1v) is 8.83. The van der Waals surface area contributed by atoms with Crippen LogP contribution in [0.2, 0.25) is 0 Å². The summed E-state index contributed by atoms with van der Waals surface area (Å²) >= 11 is 0. The van der Waals surface area contributed by atoms with Gasteiger partial charge in [-0.15, -0.1) is 0 Å².